The molecule has 0 aliphatic carbocycles. The lowest BCUT2D eigenvalue weighted by molar-refractivity contribution is -0.132. The van der Waals surface area contributed by atoms with Crippen molar-refractivity contribution < 1.29 is 9.53 Å². The van der Waals surface area contributed by atoms with Gasteiger partial charge in [0.1, 0.15) is 5.75 Å². The van der Waals surface area contributed by atoms with Crippen LogP contribution in [0.1, 0.15) is 13.3 Å². The van der Waals surface area contributed by atoms with Crippen molar-refractivity contribution in [2.24, 2.45) is 5.73 Å². The number of carbonyl (C=O) groups excluding carboxylic acids is 1. The van der Waals surface area contributed by atoms with Gasteiger partial charge in [-0.3, -0.25) is 4.79 Å². The molecule has 0 aromatic heterocycles. The summed E-state index contributed by atoms with van der Waals surface area (Å²) >= 11 is 0. The van der Waals surface area contributed by atoms with Crippen LogP contribution in [0, 0.1) is 0 Å². The quantitative estimate of drug-likeness (QED) is 0.895. The highest BCUT2D eigenvalue weighted by Crippen LogP contribution is 2.20. The third kappa shape index (κ3) is 3.22. The lowest BCUT2D eigenvalue weighted by Gasteiger charge is -2.37. The molecule has 110 valence electrons. The first-order valence-electron chi connectivity index (χ1n) is 7.09. The summed E-state index contributed by atoms with van der Waals surface area (Å²) < 4.78 is 5.16. The minimum atomic E-state index is -0.359. The molecule has 1 fully saturated rings. The zero-order valence-corrected chi connectivity index (χ0v) is 12.2. The number of hydrogen-bond acceptors (Lipinski definition) is 4. The molecule has 1 amide bonds. The van der Waals surface area contributed by atoms with E-state index in [1.54, 1.807) is 7.11 Å². The molecule has 0 unspecified atom stereocenters. The number of benzene rings is 1. The zero-order valence-electron chi connectivity index (χ0n) is 12.2. The Labute approximate surface area is 120 Å². The normalized spacial score (nSPS) is 16.9. The molecule has 1 aromatic rings. The van der Waals surface area contributed by atoms with Crippen molar-refractivity contribution in [1.29, 1.82) is 0 Å². The molecule has 2 rings (SSSR count). The highest BCUT2D eigenvalue weighted by atomic mass is 16.5. The van der Waals surface area contributed by atoms with Crippen LogP contribution in [0.2, 0.25) is 0 Å². The van der Waals surface area contributed by atoms with Gasteiger partial charge in [0.15, 0.2) is 0 Å². The maximum Gasteiger partial charge on any atom is 0.239 e. The monoisotopic (exact) mass is 277 g/mol. The van der Waals surface area contributed by atoms with Gasteiger partial charge in [0.25, 0.3) is 0 Å². The first kappa shape index (κ1) is 14.7. The van der Waals surface area contributed by atoms with Gasteiger partial charge in [-0.1, -0.05) is 6.92 Å². The second-order valence-corrected chi connectivity index (χ2v) is 5.03. The molecule has 5 nitrogen and oxygen atoms in total. The summed E-state index contributed by atoms with van der Waals surface area (Å²) in [6, 6.07) is 7.66. The zero-order chi connectivity index (χ0) is 14.5. The Kier molecular flexibility index (Phi) is 4.84. The van der Waals surface area contributed by atoms with E-state index < -0.39 is 0 Å². The number of ether oxygens (including phenoxy) is 1. The highest BCUT2D eigenvalue weighted by molar-refractivity contribution is 5.81. The van der Waals surface area contributed by atoms with Crippen molar-refractivity contribution in [2.45, 2.75) is 19.4 Å². The van der Waals surface area contributed by atoms with Crippen LogP contribution in [-0.4, -0.2) is 50.1 Å². The van der Waals surface area contributed by atoms with E-state index in [4.69, 9.17) is 10.5 Å². The Morgan fingerprint density at radius 3 is 2.35 bits per heavy atom. The van der Waals surface area contributed by atoms with E-state index in [-0.39, 0.29) is 11.9 Å². The summed E-state index contributed by atoms with van der Waals surface area (Å²) in [5, 5.41) is 0. The van der Waals surface area contributed by atoms with Crippen LogP contribution in [0.15, 0.2) is 24.3 Å². The smallest absolute Gasteiger partial charge is 0.239 e. The van der Waals surface area contributed by atoms with Crippen molar-refractivity contribution in [3.63, 3.8) is 0 Å². The van der Waals surface area contributed by atoms with Gasteiger partial charge in [-0.15, -0.1) is 0 Å². The Hall–Kier alpha value is -1.75. The van der Waals surface area contributed by atoms with Gasteiger partial charge in [0, 0.05) is 31.9 Å². The van der Waals surface area contributed by atoms with Crippen molar-refractivity contribution >= 4 is 11.6 Å². The van der Waals surface area contributed by atoms with Gasteiger partial charge in [-0.25, -0.2) is 0 Å². The molecule has 1 aliphatic heterocycles. The van der Waals surface area contributed by atoms with E-state index in [0.717, 1.165) is 37.6 Å². The molecule has 1 atom stereocenters. The van der Waals surface area contributed by atoms with Crippen molar-refractivity contribution in [1.82, 2.24) is 4.90 Å². The molecule has 2 N–H and O–H groups in total. The number of anilines is 1. The fourth-order valence-electron chi connectivity index (χ4n) is 2.39. The number of piperazine rings is 1. The molecule has 20 heavy (non-hydrogen) atoms. The number of carbonyl (C=O) groups is 1. The Bertz CT molecular complexity index is 439. The number of rotatable bonds is 4. The highest BCUT2D eigenvalue weighted by Gasteiger charge is 2.24. The molecule has 1 aromatic carbocycles. The average Bonchev–Trinajstić information content (AvgIpc) is 2.53. The van der Waals surface area contributed by atoms with E-state index in [2.05, 4.69) is 4.90 Å². The summed E-state index contributed by atoms with van der Waals surface area (Å²) in [5.74, 6) is 0.929. The molecule has 1 aliphatic rings. The standard InChI is InChI=1S/C15H23N3O2/c1-3-14(16)15(19)18-10-8-17(9-11-18)12-4-6-13(20-2)7-5-12/h4-7,14H,3,8-11,16H2,1-2H3/t14-/m1/s1. The van der Waals surface area contributed by atoms with Crippen molar-refractivity contribution in [3.8, 4) is 5.75 Å². The molecule has 0 radical (unpaired) electrons. The number of nitrogens with zero attached hydrogens (tertiary/aromatic N) is 2. The van der Waals surface area contributed by atoms with Crippen LogP contribution in [0.5, 0.6) is 5.75 Å². The van der Waals surface area contributed by atoms with Gasteiger partial charge in [0.05, 0.1) is 13.2 Å². The first-order valence-corrected chi connectivity index (χ1v) is 7.09. The minimum Gasteiger partial charge on any atom is -0.497 e. The summed E-state index contributed by atoms with van der Waals surface area (Å²) in [4.78, 5) is 16.2. The Morgan fingerprint density at radius 1 is 1.25 bits per heavy atom. The second kappa shape index (κ2) is 6.61. The molecular weight excluding hydrogens is 254 g/mol. The van der Waals surface area contributed by atoms with Crippen LogP contribution in [0.4, 0.5) is 5.69 Å². The summed E-state index contributed by atoms with van der Waals surface area (Å²) in [5.41, 5.74) is 6.97. The van der Waals surface area contributed by atoms with Crippen molar-refractivity contribution in [3.05, 3.63) is 24.3 Å². The SMILES string of the molecule is CC[C@@H](N)C(=O)N1CCN(c2ccc(OC)cc2)CC1. The first-order chi connectivity index (χ1) is 9.65. The van der Waals surface area contributed by atoms with Gasteiger partial charge >= 0.3 is 0 Å². The van der Waals surface area contributed by atoms with Gasteiger partial charge < -0.3 is 20.3 Å². The average molecular weight is 277 g/mol. The number of nitrogens with two attached hydrogens (primary N) is 1. The summed E-state index contributed by atoms with van der Waals surface area (Å²) in [6.07, 6.45) is 0.692. The third-order valence-corrected chi connectivity index (χ3v) is 3.79. The third-order valence-electron chi connectivity index (χ3n) is 3.79. The van der Waals surface area contributed by atoms with Crippen LogP contribution in [-0.2, 0) is 4.79 Å². The van der Waals surface area contributed by atoms with E-state index >= 15 is 0 Å². The van der Waals surface area contributed by atoms with Gasteiger partial charge in [-0.05, 0) is 30.7 Å². The second-order valence-electron chi connectivity index (χ2n) is 5.03. The van der Waals surface area contributed by atoms with Gasteiger partial charge in [-0.2, -0.15) is 0 Å². The van der Waals surface area contributed by atoms with Crippen molar-refractivity contribution in [2.75, 3.05) is 38.2 Å². The molecule has 0 saturated carbocycles. The molecule has 1 saturated heterocycles. The van der Waals surface area contributed by atoms with Crippen LogP contribution in [0.3, 0.4) is 0 Å². The number of hydrogen-bond donors (Lipinski definition) is 1. The van der Waals surface area contributed by atoms with E-state index in [1.165, 1.54) is 0 Å². The molecular formula is C15H23N3O2. The molecule has 1 heterocycles. The summed E-state index contributed by atoms with van der Waals surface area (Å²) in [7, 11) is 1.66. The lowest BCUT2D eigenvalue weighted by atomic mass is 10.2. The largest absolute Gasteiger partial charge is 0.497 e. The van der Waals surface area contributed by atoms with E-state index in [0.29, 0.717) is 6.42 Å². The predicted octanol–water partition coefficient (Wildman–Crippen LogP) is 1.08. The van der Waals surface area contributed by atoms with Gasteiger partial charge in [0.2, 0.25) is 5.91 Å². The summed E-state index contributed by atoms with van der Waals surface area (Å²) in [6.45, 7) is 5.09. The fraction of sp³-hybridized carbons (Fsp3) is 0.533. The Balaban J connectivity index is 1.92. The van der Waals surface area contributed by atoms with Crippen LogP contribution >= 0.6 is 0 Å². The van der Waals surface area contributed by atoms with E-state index in [9.17, 15) is 4.79 Å². The topological polar surface area (TPSA) is 58.8 Å². The lowest BCUT2D eigenvalue weighted by Crippen LogP contribution is -2.53. The predicted molar refractivity (Wildman–Crippen MR) is 80.1 cm³/mol. The van der Waals surface area contributed by atoms with Crippen LogP contribution < -0.4 is 15.4 Å². The maximum atomic E-state index is 12.0. The van der Waals surface area contributed by atoms with Crippen LogP contribution in [0.25, 0.3) is 0 Å². The number of methoxy groups -OCH3 is 1. The molecule has 5 heteroatoms. The molecule has 0 bridgehead atoms. The number of amides is 1. The molecule has 0 spiro atoms. The maximum absolute atomic E-state index is 12.0. The Morgan fingerprint density at radius 2 is 1.85 bits per heavy atom. The fourth-order valence-corrected chi connectivity index (χ4v) is 2.39. The minimum absolute atomic E-state index is 0.0712. The van der Waals surface area contributed by atoms with E-state index in [1.807, 2.05) is 36.1 Å².